The third-order valence-corrected chi connectivity index (χ3v) is 5.92. The van der Waals surface area contributed by atoms with Crippen LogP contribution in [-0.4, -0.2) is 56.7 Å². The summed E-state index contributed by atoms with van der Waals surface area (Å²) in [6, 6.07) is 5.38. The first-order chi connectivity index (χ1) is 15.5. The second-order valence-corrected chi connectivity index (χ2v) is 8.34. The van der Waals surface area contributed by atoms with Crippen molar-refractivity contribution in [1.82, 2.24) is 24.6 Å². The molecule has 32 heavy (non-hydrogen) atoms. The summed E-state index contributed by atoms with van der Waals surface area (Å²) in [4.78, 5) is 35.7. The molecule has 3 aromatic rings. The lowest BCUT2D eigenvalue weighted by atomic mass is 10.0. The molecule has 1 saturated heterocycles. The van der Waals surface area contributed by atoms with E-state index in [9.17, 15) is 9.59 Å². The SMILES string of the molecule is CCCc1nn(C)c2c(=O)[nH]c(-c3cc(C(=O)CN4CCCCC4)ccc3OCC)nc12. The van der Waals surface area contributed by atoms with Gasteiger partial charge < -0.3 is 9.72 Å². The molecule has 0 spiro atoms. The first-order valence-corrected chi connectivity index (χ1v) is 11.5. The van der Waals surface area contributed by atoms with Gasteiger partial charge in [-0.05, 0) is 57.5 Å². The van der Waals surface area contributed by atoms with Gasteiger partial charge in [0.05, 0.1) is 24.4 Å². The van der Waals surface area contributed by atoms with E-state index in [-0.39, 0.29) is 11.3 Å². The summed E-state index contributed by atoms with van der Waals surface area (Å²) < 4.78 is 7.39. The molecule has 4 rings (SSSR count). The van der Waals surface area contributed by atoms with Gasteiger partial charge in [0, 0.05) is 12.6 Å². The Bertz CT molecular complexity index is 1170. The van der Waals surface area contributed by atoms with Gasteiger partial charge in [-0.25, -0.2) is 4.98 Å². The summed E-state index contributed by atoms with van der Waals surface area (Å²) in [5.74, 6) is 1.04. The normalized spacial score (nSPS) is 14.7. The maximum atomic E-state index is 13.0. The van der Waals surface area contributed by atoms with Crippen molar-refractivity contribution in [3.8, 4) is 17.1 Å². The Morgan fingerprint density at radius 1 is 1.19 bits per heavy atom. The predicted octanol–water partition coefficient (Wildman–Crippen LogP) is 3.34. The molecule has 0 radical (unpaired) electrons. The number of carbonyl (C=O) groups is 1. The minimum atomic E-state index is -0.255. The van der Waals surface area contributed by atoms with Crippen molar-refractivity contribution in [2.75, 3.05) is 26.2 Å². The molecule has 0 amide bonds. The van der Waals surface area contributed by atoms with Crippen molar-refractivity contribution in [1.29, 1.82) is 0 Å². The molecule has 0 bridgehead atoms. The highest BCUT2D eigenvalue weighted by Crippen LogP contribution is 2.30. The molecule has 0 atom stereocenters. The standard InChI is InChI=1S/C24H31N5O3/c1-4-9-18-21-22(28(3)27-18)24(31)26-23(25-21)17-14-16(10-11-20(17)32-5-2)19(30)15-29-12-7-6-8-13-29/h10-11,14H,4-9,12-13,15H2,1-3H3,(H,25,26,31). The van der Waals surface area contributed by atoms with Gasteiger partial charge in [-0.1, -0.05) is 19.8 Å². The van der Waals surface area contributed by atoms with Crippen molar-refractivity contribution in [3.63, 3.8) is 0 Å². The lowest BCUT2D eigenvalue weighted by Gasteiger charge is -2.25. The van der Waals surface area contributed by atoms with Crippen LogP contribution >= 0.6 is 0 Å². The first kappa shape index (κ1) is 22.2. The quantitative estimate of drug-likeness (QED) is 0.543. The lowest BCUT2D eigenvalue weighted by Crippen LogP contribution is -2.34. The molecule has 8 nitrogen and oxygen atoms in total. The summed E-state index contributed by atoms with van der Waals surface area (Å²) in [7, 11) is 1.75. The van der Waals surface area contributed by atoms with E-state index in [0.717, 1.165) is 44.5 Å². The van der Waals surface area contributed by atoms with Crippen LogP contribution < -0.4 is 10.3 Å². The monoisotopic (exact) mass is 437 g/mol. The highest BCUT2D eigenvalue weighted by Gasteiger charge is 2.20. The number of aromatic nitrogens is 4. The molecule has 0 saturated carbocycles. The zero-order valence-corrected chi connectivity index (χ0v) is 19.1. The number of ether oxygens (including phenoxy) is 1. The van der Waals surface area contributed by atoms with Crippen molar-refractivity contribution in [3.05, 3.63) is 39.8 Å². The van der Waals surface area contributed by atoms with Crippen LogP contribution in [0.5, 0.6) is 5.75 Å². The fourth-order valence-electron chi connectivity index (χ4n) is 4.36. The average molecular weight is 438 g/mol. The van der Waals surface area contributed by atoms with Crippen LogP contribution in [0.25, 0.3) is 22.4 Å². The number of H-pyrrole nitrogens is 1. The van der Waals surface area contributed by atoms with Crippen LogP contribution in [-0.2, 0) is 13.5 Å². The Morgan fingerprint density at radius 2 is 1.97 bits per heavy atom. The number of ketones is 1. The molecule has 170 valence electrons. The Labute approximate surface area is 187 Å². The maximum Gasteiger partial charge on any atom is 0.277 e. The fourth-order valence-corrected chi connectivity index (χ4v) is 4.36. The number of aryl methyl sites for hydroxylation is 2. The second-order valence-electron chi connectivity index (χ2n) is 8.34. The Kier molecular flexibility index (Phi) is 6.69. The molecule has 0 aliphatic carbocycles. The molecule has 2 aromatic heterocycles. The van der Waals surface area contributed by atoms with Gasteiger partial charge in [0.1, 0.15) is 17.1 Å². The number of Topliss-reactive ketones (excluding diaryl/α,β-unsaturated/α-hetero) is 1. The summed E-state index contributed by atoms with van der Waals surface area (Å²) in [5, 5.41) is 4.49. The van der Waals surface area contributed by atoms with Gasteiger partial charge in [0.2, 0.25) is 0 Å². The van der Waals surface area contributed by atoms with E-state index in [0.29, 0.717) is 46.9 Å². The van der Waals surface area contributed by atoms with Crippen molar-refractivity contribution >= 4 is 16.8 Å². The topological polar surface area (TPSA) is 93.1 Å². The van der Waals surface area contributed by atoms with E-state index < -0.39 is 0 Å². The number of hydrogen-bond donors (Lipinski definition) is 1. The Morgan fingerprint density at radius 3 is 2.69 bits per heavy atom. The van der Waals surface area contributed by atoms with Crippen LogP contribution in [0.2, 0.25) is 0 Å². The highest BCUT2D eigenvalue weighted by atomic mass is 16.5. The van der Waals surface area contributed by atoms with Crippen molar-refractivity contribution in [2.24, 2.45) is 7.05 Å². The van der Waals surface area contributed by atoms with Crippen molar-refractivity contribution < 1.29 is 9.53 Å². The molecule has 3 heterocycles. The molecular weight excluding hydrogens is 406 g/mol. The van der Waals surface area contributed by atoms with E-state index >= 15 is 0 Å². The van der Waals surface area contributed by atoms with Gasteiger partial charge in [0.15, 0.2) is 11.3 Å². The number of nitrogens with zero attached hydrogens (tertiary/aromatic N) is 4. The molecule has 1 fully saturated rings. The van der Waals surface area contributed by atoms with E-state index in [2.05, 4.69) is 21.9 Å². The average Bonchev–Trinajstić information content (AvgIpc) is 3.10. The summed E-state index contributed by atoms with van der Waals surface area (Å²) in [6.45, 7) is 6.76. The van der Waals surface area contributed by atoms with Crippen LogP contribution in [0.3, 0.4) is 0 Å². The van der Waals surface area contributed by atoms with Gasteiger partial charge >= 0.3 is 0 Å². The molecule has 1 N–H and O–H groups in total. The molecule has 8 heteroatoms. The van der Waals surface area contributed by atoms with Gasteiger partial charge in [0.25, 0.3) is 5.56 Å². The Balaban J connectivity index is 1.76. The van der Waals surface area contributed by atoms with E-state index in [4.69, 9.17) is 9.72 Å². The number of piperidine rings is 1. The predicted molar refractivity (Wildman–Crippen MR) is 124 cm³/mol. The number of nitrogens with one attached hydrogen (secondary N) is 1. The number of carbonyl (C=O) groups excluding carboxylic acids is 1. The molecule has 1 aromatic carbocycles. The third-order valence-electron chi connectivity index (χ3n) is 5.92. The third kappa shape index (κ3) is 4.46. The van der Waals surface area contributed by atoms with Crippen LogP contribution in [0.4, 0.5) is 0 Å². The molecule has 1 aliphatic heterocycles. The molecule has 1 aliphatic rings. The zero-order chi connectivity index (χ0) is 22.7. The van der Waals surface area contributed by atoms with Crippen LogP contribution in [0.1, 0.15) is 55.6 Å². The van der Waals surface area contributed by atoms with Crippen LogP contribution in [0, 0.1) is 0 Å². The number of fused-ring (bicyclic) bond motifs is 1. The largest absolute Gasteiger partial charge is 0.493 e. The minimum absolute atomic E-state index is 0.0627. The number of aromatic amines is 1. The summed E-state index contributed by atoms with van der Waals surface area (Å²) in [5.41, 5.74) is 2.80. The second kappa shape index (κ2) is 9.65. The van der Waals surface area contributed by atoms with Gasteiger partial charge in [-0.15, -0.1) is 0 Å². The van der Waals surface area contributed by atoms with Gasteiger partial charge in [-0.2, -0.15) is 5.10 Å². The number of rotatable bonds is 8. The first-order valence-electron chi connectivity index (χ1n) is 11.5. The zero-order valence-electron chi connectivity index (χ0n) is 19.1. The highest BCUT2D eigenvalue weighted by molar-refractivity contribution is 5.99. The fraction of sp³-hybridized carbons (Fsp3) is 0.500. The van der Waals surface area contributed by atoms with E-state index in [1.54, 1.807) is 29.9 Å². The summed E-state index contributed by atoms with van der Waals surface area (Å²) >= 11 is 0. The maximum absolute atomic E-state index is 13.0. The molecule has 0 unspecified atom stereocenters. The number of benzene rings is 1. The summed E-state index contributed by atoms with van der Waals surface area (Å²) in [6.07, 6.45) is 5.14. The number of likely N-dealkylation sites (tertiary alicyclic amines) is 1. The Hall–Kier alpha value is -3.00. The van der Waals surface area contributed by atoms with E-state index in [1.807, 2.05) is 6.92 Å². The minimum Gasteiger partial charge on any atom is -0.493 e. The van der Waals surface area contributed by atoms with Gasteiger partial charge in [-0.3, -0.25) is 19.2 Å². The number of hydrogen-bond acceptors (Lipinski definition) is 6. The lowest BCUT2D eigenvalue weighted by molar-refractivity contribution is 0.0915. The van der Waals surface area contributed by atoms with Crippen LogP contribution in [0.15, 0.2) is 23.0 Å². The van der Waals surface area contributed by atoms with Crippen molar-refractivity contribution in [2.45, 2.75) is 46.0 Å². The molecular formula is C24H31N5O3. The van der Waals surface area contributed by atoms with E-state index in [1.165, 1.54) is 6.42 Å². The smallest absolute Gasteiger partial charge is 0.277 e.